The van der Waals surface area contributed by atoms with Gasteiger partial charge in [0.1, 0.15) is 5.69 Å². The summed E-state index contributed by atoms with van der Waals surface area (Å²) in [5.41, 5.74) is 1.77. The smallest absolute Gasteiger partial charge is 0.270 e. The van der Waals surface area contributed by atoms with Crippen LogP contribution in [0.15, 0.2) is 24.3 Å². The summed E-state index contributed by atoms with van der Waals surface area (Å²) in [5, 5.41) is 5.98. The summed E-state index contributed by atoms with van der Waals surface area (Å²) in [6.07, 6.45) is 2.10. The van der Waals surface area contributed by atoms with E-state index in [9.17, 15) is 4.79 Å². The zero-order valence-electron chi connectivity index (χ0n) is 14.4. The molecule has 8 heteroatoms. The van der Waals surface area contributed by atoms with Gasteiger partial charge in [0.05, 0.1) is 6.10 Å². The van der Waals surface area contributed by atoms with E-state index in [1.165, 1.54) is 0 Å². The highest BCUT2D eigenvalue weighted by Gasteiger charge is 2.18. The molecule has 0 radical (unpaired) electrons. The molecule has 2 aliphatic rings. The normalized spacial score (nSPS) is 18.0. The third-order valence-corrected chi connectivity index (χ3v) is 4.23. The van der Waals surface area contributed by atoms with Gasteiger partial charge >= 0.3 is 0 Å². The Labute approximate surface area is 150 Å². The SMILES string of the molecule is Cc1cc(C(=O)NCC2CCCO2)nc(Nc2ccc3c(c2)OCO3)n1. The van der Waals surface area contributed by atoms with Crippen LogP contribution in [0.25, 0.3) is 0 Å². The number of anilines is 2. The van der Waals surface area contributed by atoms with Crippen molar-refractivity contribution in [2.45, 2.75) is 25.9 Å². The molecule has 0 saturated carbocycles. The molecule has 8 nitrogen and oxygen atoms in total. The van der Waals surface area contributed by atoms with E-state index in [1.54, 1.807) is 6.07 Å². The summed E-state index contributed by atoms with van der Waals surface area (Å²) >= 11 is 0. The molecule has 136 valence electrons. The van der Waals surface area contributed by atoms with Crippen LogP contribution in [0.1, 0.15) is 29.0 Å². The lowest BCUT2D eigenvalue weighted by Crippen LogP contribution is -2.32. The summed E-state index contributed by atoms with van der Waals surface area (Å²) in [6.45, 7) is 3.29. The number of nitrogens with one attached hydrogen (secondary N) is 2. The molecule has 2 aromatic rings. The summed E-state index contributed by atoms with van der Waals surface area (Å²) in [4.78, 5) is 21.1. The molecular weight excluding hydrogens is 336 g/mol. The molecule has 0 bridgehead atoms. The molecule has 1 amide bonds. The van der Waals surface area contributed by atoms with E-state index in [2.05, 4.69) is 20.6 Å². The van der Waals surface area contributed by atoms with Crippen LogP contribution >= 0.6 is 0 Å². The number of fused-ring (bicyclic) bond motifs is 1. The third kappa shape index (κ3) is 3.70. The first kappa shape index (κ1) is 16.6. The van der Waals surface area contributed by atoms with Crippen molar-refractivity contribution in [3.8, 4) is 11.5 Å². The second kappa shape index (κ2) is 7.17. The van der Waals surface area contributed by atoms with Crippen LogP contribution < -0.4 is 20.1 Å². The maximum Gasteiger partial charge on any atom is 0.270 e. The van der Waals surface area contributed by atoms with Crippen LogP contribution in [0.4, 0.5) is 11.6 Å². The molecule has 1 aromatic heterocycles. The van der Waals surface area contributed by atoms with Crippen LogP contribution in [-0.2, 0) is 4.74 Å². The van der Waals surface area contributed by atoms with E-state index < -0.39 is 0 Å². The molecule has 1 fully saturated rings. The van der Waals surface area contributed by atoms with E-state index in [4.69, 9.17) is 14.2 Å². The van der Waals surface area contributed by atoms with E-state index in [1.807, 2.05) is 25.1 Å². The average molecular weight is 356 g/mol. The highest BCUT2D eigenvalue weighted by Crippen LogP contribution is 2.34. The number of ether oxygens (including phenoxy) is 3. The number of amides is 1. The molecule has 26 heavy (non-hydrogen) atoms. The first-order chi connectivity index (χ1) is 12.7. The number of rotatable bonds is 5. The lowest BCUT2D eigenvalue weighted by Gasteiger charge is -2.12. The Morgan fingerprint density at radius 2 is 2.12 bits per heavy atom. The van der Waals surface area contributed by atoms with Gasteiger partial charge in [-0.25, -0.2) is 9.97 Å². The fourth-order valence-electron chi connectivity index (χ4n) is 2.95. The number of carbonyl (C=O) groups excluding carboxylic acids is 1. The van der Waals surface area contributed by atoms with E-state index in [0.29, 0.717) is 35.4 Å². The maximum absolute atomic E-state index is 12.4. The van der Waals surface area contributed by atoms with Gasteiger partial charge in [-0.1, -0.05) is 0 Å². The summed E-state index contributed by atoms with van der Waals surface area (Å²) in [5.74, 6) is 1.48. The van der Waals surface area contributed by atoms with Crippen molar-refractivity contribution in [2.24, 2.45) is 0 Å². The van der Waals surface area contributed by atoms with Gasteiger partial charge in [0, 0.05) is 30.6 Å². The highest BCUT2D eigenvalue weighted by atomic mass is 16.7. The van der Waals surface area contributed by atoms with Gasteiger partial charge in [0.15, 0.2) is 11.5 Å². The first-order valence-electron chi connectivity index (χ1n) is 8.59. The largest absolute Gasteiger partial charge is 0.454 e. The quantitative estimate of drug-likeness (QED) is 0.848. The van der Waals surface area contributed by atoms with Gasteiger partial charge in [0.25, 0.3) is 5.91 Å². The van der Waals surface area contributed by atoms with Crippen molar-refractivity contribution in [3.05, 3.63) is 35.7 Å². The van der Waals surface area contributed by atoms with Crippen LogP contribution in [0, 0.1) is 6.92 Å². The predicted molar refractivity (Wildman–Crippen MR) is 93.9 cm³/mol. The standard InChI is InChI=1S/C18H20N4O4/c1-11-7-14(17(23)19-9-13-3-2-6-24-13)22-18(20-11)21-12-4-5-15-16(8-12)26-10-25-15/h4-5,7-8,13H,2-3,6,9-10H2,1H3,(H,19,23)(H,20,21,22). The monoisotopic (exact) mass is 356 g/mol. The molecule has 1 saturated heterocycles. The third-order valence-electron chi connectivity index (χ3n) is 4.23. The number of hydrogen-bond donors (Lipinski definition) is 2. The van der Waals surface area contributed by atoms with Crippen molar-refractivity contribution in [2.75, 3.05) is 25.3 Å². The Bertz CT molecular complexity index is 821. The Morgan fingerprint density at radius 3 is 2.96 bits per heavy atom. The van der Waals surface area contributed by atoms with Gasteiger partial charge in [0.2, 0.25) is 12.7 Å². The Balaban J connectivity index is 1.46. The number of benzene rings is 1. The Kier molecular flexibility index (Phi) is 4.57. The van der Waals surface area contributed by atoms with Crippen LogP contribution in [0.2, 0.25) is 0 Å². The molecule has 0 spiro atoms. The van der Waals surface area contributed by atoms with Crippen molar-refractivity contribution in [1.29, 1.82) is 0 Å². The molecule has 3 heterocycles. The van der Waals surface area contributed by atoms with E-state index in [-0.39, 0.29) is 18.8 Å². The molecule has 2 aliphatic heterocycles. The van der Waals surface area contributed by atoms with Gasteiger partial charge in [-0.2, -0.15) is 0 Å². The summed E-state index contributed by atoms with van der Waals surface area (Å²) in [7, 11) is 0. The van der Waals surface area contributed by atoms with Gasteiger partial charge in [-0.3, -0.25) is 4.79 Å². The predicted octanol–water partition coefficient (Wildman–Crippen LogP) is 2.17. The lowest BCUT2D eigenvalue weighted by atomic mass is 10.2. The van der Waals surface area contributed by atoms with E-state index >= 15 is 0 Å². The molecule has 2 N–H and O–H groups in total. The molecular formula is C18H20N4O4. The zero-order valence-corrected chi connectivity index (χ0v) is 14.4. The lowest BCUT2D eigenvalue weighted by molar-refractivity contribution is 0.0853. The summed E-state index contributed by atoms with van der Waals surface area (Å²) in [6, 6.07) is 7.13. The molecule has 4 rings (SSSR count). The second-order valence-electron chi connectivity index (χ2n) is 6.26. The minimum absolute atomic E-state index is 0.0908. The van der Waals surface area contributed by atoms with Crippen molar-refractivity contribution >= 4 is 17.5 Å². The average Bonchev–Trinajstić information content (AvgIpc) is 3.30. The number of nitrogens with zero attached hydrogens (tertiary/aromatic N) is 2. The van der Waals surface area contributed by atoms with Crippen molar-refractivity contribution in [1.82, 2.24) is 15.3 Å². The molecule has 1 atom stereocenters. The number of aromatic nitrogens is 2. The Hall–Kier alpha value is -2.87. The van der Waals surface area contributed by atoms with Crippen LogP contribution in [0.5, 0.6) is 11.5 Å². The van der Waals surface area contributed by atoms with Gasteiger partial charge in [-0.05, 0) is 38.0 Å². The highest BCUT2D eigenvalue weighted by molar-refractivity contribution is 5.92. The fraction of sp³-hybridized carbons (Fsp3) is 0.389. The van der Waals surface area contributed by atoms with Crippen molar-refractivity contribution in [3.63, 3.8) is 0 Å². The minimum Gasteiger partial charge on any atom is -0.454 e. The fourth-order valence-corrected chi connectivity index (χ4v) is 2.95. The second-order valence-corrected chi connectivity index (χ2v) is 6.26. The maximum atomic E-state index is 12.4. The number of hydrogen-bond acceptors (Lipinski definition) is 7. The molecule has 1 unspecified atom stereocenters. The topological polar surface area (TPSA) is 94.6 Å². The minimum atomic E-state index is -0.236. The van der Waals surface area contributed by atoms with Gasteiger partial charge < -0.3 is 24.8 Å². The Morgan fingerprint density at radius 1 is 1.23 bits per heavy atom. The van der Waals surface area contributed by atoms with Gasteiger partial charge in [-0.15, -0.1) is 0 Å². The molecule has 1 aromatic carbocycles. The number of aryl methyl sites for hydroxylation is 1. The van der Waals surface area contributed by atoms with Crippen LogP contribution in [0.3, 0.4) is 0 Å². The van der Waals surface area contributed by atoms with E-state index in [0.717, 1.165) is 25.1 Å². The molecule has 0 aliphatic carbocycles. The summed E-state index contributed by atoms with van der Waals surface area (Å²) < 4.78 is 16.2. The number of carbonyl (C=O) groups is 1. The van der Waals surface area contributed by atoms with Crippen molar-refractivity contribution < 1.29 is 19.0 Å². The van der Waals surface area contributed by atoms with Crippen LogP contribution in [-0.4, -0.2) is 41.9 Å². The first-order valence-corrected chi connectivity index (χ1v) is 8.59. The zero-order chi connectivity index (χ0) is 17.9.